The Morgan fingerprint density at radius 3 is 2.28 bits per heavy atom. The van der Waals surface area contributed by atoms with Gasteiger partial charge in [0, 0.05) is 19.1 Å². The van der Waals surface area contributed by atoms with Crippen molar-refractivity contribution >= 4 is 5.91 Å². The van der Waals surface area contributed by atoms with Gasteiger partial charge in [0.2, 0.25) is 5.91 Å². The molecule has 1 N–H and O–H groups in total. The first-order valence-corrected chi connectivity index (χ1v) is 7.77. The van der Waals surface area contributed by atoms with Gasteiger partial charge in [-0.2, -0.15) is 0 Å². The summed E-state index contributed by atoms with van der Waals surface area (Å²) in [5.74, 6) is 0.326. The number of carbonyl (C=O) groups is 1. The molecule has 2 atom stereocenters. The zero-order valence-corrected chi connectivity index (χ0v) is 12.4. The van der Waals surface area contributed by atoms with Gasteiger partial charge in [-0.25, -0.2) is 0 Å². The largest absolute Gasteiger partial charge is 0.341 e. The van der Waals surface area contributed by atoms with Crippen LogP contribution in [0, 0.1) is 0 Å². The van der Waals surface area contributed by atoms with Gasteiger partial charge >= 0.3 is 0 Å². The fourth-order valence-electron chi connectivity index (χ4n) is 2.74. The van der Waals surface area contributed by atoms with Crippen molar-refractivity contribution in [2.45, 2.75) is 77.8 Å². The molecule has 0 aromatic rings. The molecule has 0 aromatic heterocycles. The first-order valence-electron chi connectivity index (χ1n) is 7.77. The average Bonchev–Trinajstić information content (AvgIpc) is 2.43. The van der Waals surface area contributed by atoms with E-state index < -0.39 is 0 Å². The van der Waals surface area contributed by atoms with Crippen LogP contribution in [0.15, 0.2) is 0 Å². The number of hydrogen-bond donors (Lipinski definition) is 1. The minimum Gasteiger partial charge on any atom is -0.341 e. The van der Waals surface area contributed by atoms with Gasteiger partial charge in [-0.3, -0.25) is 4.79 Å². The Hall–Kier alpha value is -0.570. The maximum Gasteiger partial charge on any atom is 0.239 e. The highest BCUT2D eigenvalue weighted by atomic mass is 16.2. The summed E-state index contributed by atoms with van der Waals surface area (Å²) in [7, 11) is 0. The molecule has 0 aliphatic carbocycles. The molecule has 1 fully saturated rings. The predicted octanol–water partition coefficient (Wildman–Crippen LogP) is 2.95. The zero-order valence-electron chi connectivity index (χ0n) is 12.4. The first kappa shape index (κ1) is 15.5. The van der Waals surface area contributed by atoms with Gasteiger partial charge in [0.25, 0.3) is 0 Å². The monoisotopic (exact) mass is 254 g/mol. The van der Waals surface area contributed by atoms with Gasteiger partial charge in [0.15, 0.2) is 0 Å². The number of likely N-dealkylation sites (tertiary alicyclic amines) is 1. The van der Waals surface area contributed by atoms with Crippen molar-refractivity contribution in [1.29, 1.82) is 0 Å². The lowest BCUT2D eigenvalue weighted by Gasteiger charge is -2.32. The van der Waals surface area contributed by atoms with Gasteiger partial charge < -0.3 is 10.2 Å². The molecule has 1 amide bonds. The SMILES string of the molecule is CCCC(CC)NC(CC)C(=O)N1CCCCC1. The summed E-state index contributed by atoms with van der Waals surface area (Å²) >= 11 is 0. The Morgan fingerprint density at radius 2 is 1.78 bits per heavy atom. The summed E-state index contributed by atoms with van der Waals surface area (Å²) in [6, 6.07) is 0.522. The van der Waals surface area contributed by atoms with Gasteiger partial charge in [-0.15, -0.1) is 0 Å². The van der Waals surface area contributed by atoms with E-state index in [0.717, 1.165) is 25.9 Å². The van der Waals surface area contributed by atoms with Crippen molar-refractivity contribution in [3.05, 3.63) is 0 Å². The van der Waals surface area contributed by atoms with E-state index in [1.165, 1.54) is 32.1 Å². The number of amides is 1. The molecule has 0 radical (unpaired) electrons. The molecule has 1 saturated heterocycles. The molecule has 3 nitrogen and oxygen atoms in total. The van der Waals surface area contributed by atoms with Gasteiger partial charge in [0.05, 0.1) is 6.04 Å². The minimum absolute atomic E-state index is 0.0274. The number of hydrogen-bond acceptors (Lipinski definition) is 2. The van der Waals surface area contributed by atoms with Crippen LogP contribution in [0.2, 0.25) is 0 Å². The molecule has 1 rings (SSSR count). The summed E-state index contributed by atoms with van der Waals surface area (Å²) in [6.45, 7) is 8.44. The molecular formula is C15H30N2O. The fraction of sp³-hybridized carbons (Fsp3) is 0.933. The van der Waals surface area contributed by atoms with Crippen LogP contribution in [-0.4, -0.2) is 36.0 Å². The number of nitrogens with one attached hydrogen (secondary N) is 1. The van der Waals surface area contributed by atoms with E-state index in [1.807, 2.05) is 0 Å². The molecule has 1 aliphatic rings. The number of piperidine rings is 1. The Morgan fingerprint density at radius 1 is 1.11 bits per heavy atom. The second-order valence-electron chi connectivity index (χ2n) is 5.41. The number of nitrogens with zero attached hydrogens (tertiary/aromatic N) is 1. The van der Waals surface area contributed by atoms with Gasteiger partial charge in [-0.05, 0) is 38.5 Å². The van der Waals surface area contributed by atoms with E-state index in [0.29, 0.717) is 11.9 Å². The molecule has 18 heavy (non-hydrogen) atoms. The Balaban J connectivity index is 2.49. The minimum atomic E-state index is 0.0274. The van der Waals surface area contributed by atoms with Crippen LogP contribution in [0.25, 0.3) is 0 Å². The van der Waals surface area contributed by atoms with Crippen molar-refractivity contribution < 1.29 is 4.79 Å². The number of rotatable bonds is 7. The molecular weight excluding hydrogens is 224 g/mol. The molecule has 3 heteroatoms. The van der Waals surface area contributed by atoms with E-state index in [9.17, 15) is 4.79 Å². The lowest BCUT2D eigenvalue weighted by atomic mass is 10.0. The Bertz CT molecular complexity index is 237. The Kier molecular flexibility index (Phi) is 7.33. The fourth-order valence-corrected chi connectivity index (χ4v) is 2.74. The van der Waals surface area contributed by atoms with Crippen LogP contribution in [-0.2, 0) is 4.79 Å². The highest BCUT2D eigenvalue weighted by Gasteiger charge is 2.25. The summed E-state index contributed by atoms with van der Waals surface area (Å²) in [5, 5.41) is 3.56. The maximum absolute atomic E-state index is 12.4. The van der Waals surface area contributed by atoms with Crippen LogP contribution in [0.4, 0.5) is 0 Å². The third kappa shape index (κ3) is 4.60. The van der Waals surface area contributed by atoms with Gasteiger partial charge in [0.1, 0.15) is 0 Å². The molecule has 0 spiro atoms. The van der Waals surface area contributed by atoms with Crippen molar-refractivity contribution in [3.63, 3.8) is 0 Å². The van der Waals surface area contributed by atoms with Crippen molar-refractivity contribution in [1.82, 2.24) is 10.2 Å². The smallest absolute Gasteiger partial charge is 0.239 e. The van der Waals surface area contributed by atoms with Crippen LogP contribution >= 0.6 is 0 Å². The zero-order chi connectivity index (χ0) is 13.4. The van der Waals surface area contributed by atoms with E-state index in [1.54, 1.807) is 0 Å². The molecule has 1 heterocycles. The van der Waals surface area contributed by atoms with Crippen molar-refractivity contribution in [2.24, 2.45) is 0 Å². The summed E-state index contributed by atoms with van der Waals surface area (Å²) < 4.78 is 0. The van der Waals surface area contributed by atoms with Crippen LogP contribution in [0.5, 0.6) is 0 Å². The van der Waals surface area contributed by atoms with E-state index in [2.05, 4.69) is 31.0 Å². The Labute approximate surface area is 112 Å². The highest BCUT2D eigenvalue weighted by molar-refractivity contribution is 5.82. The highest BCUT2D eigenvalue weighted by Crippen LogP contribution is 2.12. The van der Waals surface area contributed by atoms with Crippen molar-refractivity contribution in [2.75, 3.05) is 13.1 Å². The summed E-state index contributed by atoms with van der Waals surface area (Å²) in [4.78, 5) is 14.5. The average molecular weight is 254 g/mol. The standard InChI is InChI=1S/C15H30N2O/c1-4-10-13(5-2)16-14(6-3)15(18)17-11-8-7-9-12-17/h13-14,16H,4-12H2,1-3H3. The molecule has 0 aromatic carbocycles. The second kappa shape index (κ2) is 8.52. The third-order valence-electron chi connectivity index (χ3n) is 3.94. The molecule has 0 saturated carbocycles. The normalized spacial score (nSPS) is 19.6. The lowest BCUT2D eigenvalue weighted by molar-refractivity contribution is -0.134. The number of carbonyl (C=O) groups excluding carboxylic acids is 1. The van der Waals surface area contributed by atoms with Crippen LogP contribution in [0.1, 0.15) is 65.7 Å². The third-order valence-corrected chi connectivity index (χ3v) is 3.94. The quantitative estimate of drug-likeness (QED) is 0.757. The lowest BCUT2D eigenvalue weighted by Crippen LogP contribution is -2.50. The topological polar surface area (TPSA) is 32.3 Å². The van der Waals surface area contributed by atoms with E-state index in [-0.39, 0.29) is 6.04 Å². The van der Waals surface area contributed by atoms with E-state index in [4.69, 9.17) is 0 Å². The molecule has 1 aliphatic heterocycles. The van der Waals surface area contributed by atoms with E-state index >= 15 is 0 Å². The predicted molar refractivity (Wildman–Crippen MR) is 76.6 cm³/mol. The molecule has 106 valence electrons. The first-order chi connectivity index (χ1) is 8.72. The van der Waals surface area contributed by atoms with Crippen LogP contribution in [0.3, 0.4) is 0 Å². The summed E-state index contributed by atoms with van der Waals surface area (Å²) in [6.07, 6.45) is 7.98. The molecule has 2 unspecified atom stereocenters. The van der Waals surface area contributed by atoms with Crippen molar-refractivity contribution in [3.8, 4) is 0 Å². The van der Waals surface area contributed by atoms with Crippen LogP contribution < -0.4 is 5.32 Å². The van der Waals surface area contributed by atoms with Gasteiger partial charge in [-0.1, -0.05) is 27.2 Å². The second-order valence-corrected chi connectivity index (χ2v) is 5.41. The molecule has 0 bridgehead atoms. The maximum atomic E-state index is 12.4. The summed E-state index contributed by atoms with van der Waals surface area (Å²) in [5.41, 5.74) is 0.